The van der Waals surface area contributed by atoms with Gasteiger partial charge in [0.15, 0.2) is 0 Å². The summed E-state index contributed by atoms with van der Waals surface area (Å²) >= 11 is 5.83. The average Bonchev–Trinajstić information content (AvgIpc) is 2.30. The third-order valence-electron chi connectivity index (χ3n) is 2.51. The Balaban J connectivity index is 2.21. The Morgan fingerprint density at radius 3 is 2.25 bits per heavy atom. The molecular formula is C15H13Cl. The minimum absolute atomic E-state index is 0.771. The summed E-state index contributed by atoms with van der Waals surface area (Å²) in [4.78, 5) is 0. The molecule has 2 rings (SSSR count). The van der Waals surface area contributed by atoms with Crippen molar-refractivity contribution < 1.29 is 0 Å². The highest BCUT2D eigenvalue weighted by Crippen LogP contribution is 2.14. The van der Waals surface area contributed by atoms with Gasteiger partial charge >= 0.3 is 0 Å². The van der Waals surface area contributed by atoms with Crippen LogP contribution in [0.5, 0.6) is 0 Å². The molecule has 2 aromatic rings. The molecule has 0 unspecified atom stereocenters. The first kappa shape index (κ1) is 11.0. The van der Waals surface area contributed by atoms with Gasteiger partial charge in [-0.15, -0.1) is 0 Å². The van der Waals surface area contributed by atoms with E-state index in [1.165, 1.54) is 11.1 Å². The van der Waals surface area contributed by atoms with Crippen LogP contribution in [0.2, 0.25) is 5.02 Å². The summed E-state index contributed by atoms with van der Waals surface area (Å²) < 4.78 is 0. The van der Waals surface area contributed by atoms with E-state index in [1.807, 2.05) is 24.3 Å². The molecule has 1 heteroatoms. The van der Waals surface area contributed by atoms with Gasteiger partial charge in [0, 0.05) is 5.02 Å². The fraction of sp³-hybridized carbons (Fsp3) is 0.0667. The van der Waals surface area contributed by atoms with Crippen molar-refractivity contribution in [1.82, 2.24) is 0 Å². The molecule has 0 aliphatic rings. The fourth-order valence-corrected chi connectivity index (χ4v) is 1.66. The molecule has 80 valence electrons. The zero-order valence-electron chi connectivity index (χ0n) is 9.15. The van der Waals surface area contributed by atoms with Crippen molar-refractivity contribution >= 4 is 23.8 Å². The van der Waals surface area contributed by atoms with Gasteiger partial charge in [-0.2, -0.15) is 0 Å². The monoisotopic (exact) mass is 228 g/mol. The highest BCUT2D eigenvalue weighted by atomic mass is 35.5. The van der Waals surface area contributed by atoms with Crippen LogP contribution in [0.25, 0.3) is 12.2 Å². The standard InChI is InChI=1S/C15H13Cl/c1-12-4-2-3-5-14(12)9-6-13-7-10-15(16)11-8-13/h2-11H,1H3. The Morgan fingerprint density at radius 1 is 0.875 bits per heavy atom. The van der Waals surface area contributed by atoms with E-state index >= 15 is 0 Å². The maximum atomic E-state index is 5.83. The molecule has 0 aliphatic carbocycles. The number of hydrogen-bond acceptors (Lipinski definition) is 0. The molecule has 0 heterocycles. The molecule has 0 amide bonds. The van der Waals surface area contributed by atoms with E-state index in [2.05, 4.69) is 43.3 Å². The van der Waals surface area contributed by atoms with Crippen LogP contribution in [0, 0.1) is 6.92 Å². The van der Waals surface area contributed by atoms with Crippen LogP contribution in [0.4, 0.5) is 0 Å². The highest BCUT2D eigenvalue weighted by molar-refractivity contribution is 6.30. The molecule has 16 heavy (non-hydrogen) atoms. The summed E-state index contributed by atoms with van der Waals surface area (Å²) in [5, 5.41) is 0.771. The van der Waals surface area contributed by atoms with Gasteiger partial charge in [-0.25, -0.2) is 0 Å². The summed E-state index contributed by atoms with van der Waals surface area (Å²) in [7, 11) is 0. The third-order valence-corrected chi connectivity index (χ3v) is 2.77. The molecule has 0 nitrogen and oxygen atoms in total. The summed E-state index contributed by atoms with van der Waals surface area (Å²) in [5.41, 5.74) is 3.69. The molecule has 0 aliphatic heterocycles. The molecule has 0 saturated heterocycles. The quantitative estimate of drug-likeness (QED) is 0.647. The zero-order chi connectivity index (χ0) is 11.4. The minimum Gasteiger partial charge on any atom is -0.0843 e. The molecule has 0 aromatic heterocycles. The van der Waals surface area contributed by atoms with Crippen molar-refractivity contribution in [2.24, 2.45) is 0 Å². The second-order valence-electron chi connectivity index (χ2n) is 3.74. The normalized spacial score (nSPS) is 10.9. The van der Waals surface area contributed by atoms with Crippen molar-refractivity contribution in [3.05, 3.63) is 70.2 Å². The van der Waals surface area contributed by atoms with Crippen molar-refractivity contribution in [2.45, 2.75) is 6.92 Å². The first-order valence-electron chi connectivity index (χ1n) is 5.25. The summed E-state index contributed by atoms with van der Waals surface area (Å²) in [6.45, 7) is 2.11. The second-order valence-corrected chi connectivity index (χ2v) is 4.18. The van der Waals surface area contributed by atoms with Gasteiger partial charge in [0.2, 0.25) is 0 Å². The van der Waals surface area contributed by atoms with Gasteiger partial charge in [0.25, 0.3) is 0 Å². The van der Waals surface area contributed by atoms with Crippen LogP contribution in [0.1, 0.15) is 16.7 Å². The van der Waals surface area contributed by atoms with Crippen LogP contribution in [0.3, 0.4) is 0 Å². The van der Waals surface area contributed by atoms with E-state index in [4.69, 9.17) is 11.6 Å². The molecule has 2 aromatic carbocycles. The topological polar surface area (TPSA) is 0 Å². The Kier molecular flexibility index (Phi) is 3.43. The van der Waals surface area contributed by atoms with Gasteiger partial charge in [-0.1, -0.05) is 60.2 Å². The number of aryl methyl sites for hydroxylation is 1. The lowest BCUT2D eigenvalue weighted by Crippen LogP contribution is -1.78. The van der Waals surface area contributed by atoms with Gasteiger partial charge in [-0.05, 0) is 35.7 Å². The van der Waals surface area contributed by atoms with Crippen molar-refractivity contribution in [3.8, 4) is 0 Å². The Bertz CT molecular complexity index is 495. The lowest BCUT2D eigenvalue weighted by Gasteiger charge is -1.98. The third kappa shape index (κ3) is 2.74. The first-order valence-corrected chi connectivity index (χ1v) is 5.63. The first-order chi connectivity index (χ1) is 7.75. The Labute approximate surface area is 101 Å². The SMILES string of the molecule is Cc1ccccc1C=Cc1ccc(Cl)cc1. The maximum Gasteiger partial charge on any atom is 0.0406 e. The predicted molar refractivity (Wildman–Crippen MR) is 71.6 cm³/mol. The molecule has 0 radical (unpaired) electrons. The van der Waals surface area contributed by atoms with E-state index in [1.54, 1.807) is 0 Å². The van der Waals surface area contributed by atoms with E-state index in [0.29, 0.717) is 0 Å². The average molecular weight is 229 g/mol. The Hall–Kier alpha value is -1.53. The fourth-order valence-electron chi connectivity index (χ4n) is 1.53. The number of halogens is 1. The number of hydrogen-bond donors (Lipinski definition) is 0. The molecule has 0 spiro atoms. The van der Waals surface area contributed by atoms with Crippen molar-refractivity contribution in [3.63, 3.8) is 0 Å². The molecular weight excluding hydrogens is 216 g/mol. The van der Waals surface area contributed by atoms with Crippen LogP contribution < -0.4 is 0 Å². The molecule has 0 atom stereocenters. The minimum atomic E-state index is 0.771. The molecule has 0 bridgehead atoms. The second kappa shape index (κ2) is 5.00. The van der Waals surface area contributed by atoms with Gasteiger partial charge in [-0.3, -0.25) is 0 Å². The van der Waals surface area contributed by atoms with Crippen LogP contribution in [0.15, 0.2) is 48.5 Å². The van der Waals surface area contributed by atoms with E-state index in [-0.39, 0.29) is 0 Å². The van der Waals surface area contributed by atoms with Crippen LogP contribution >= 0.6 is 11.6 Å². The largest absolute Gasteiger partial charge is 0.0843 e. The van der Waals surface area contributed by atoms with Gasteiger partial charge in [0.1, 0.15) is 0 Å². The molecule has 0 saturated carbocycles. The predicted octanol–water partition coefficient (Wildman–Crippen LogP) is 4.82. The maximum absolute atomic E-state index is 5.83. The van der Waals surface area contributed by atoms with Gasteiger partial charge in [0.05, 0.1) is 0 Å². The molecule has 0 fully saturated rings. The molecule has 0 N–H and O–H groups in total. The van der Waals surface area contributed by atoms with Gasteiger partial charge < -0.3 is 0 Å². The smallest absolute Gasteiger partial charge is 0.0406 e. The Morgan fingerprint density at radius 2 is 1.56 bits per heavy atom. The number of benzene rings is 2. The summed E-state index contributed by atoms with van der Waals surface area (Å²) in [6, 6.07) is 16.2. The van der Waals surface area contributed by atoms with Crippen LogP contribution in [-0.4, -0.2) is 0 Å². The zero-order valence-corrected chi connectivity index (χ0v) is 9.91. The number of rotatable bonds is 2. The highest BCUT2D eigenvalue weighted by Gasteiger charge is 1.91. The van der Waals surface area contributed by atoms with Crippen LogP contribution in [-0.2, 0) is 0 Å². The van der Waals surface area contributed by atoms with Crippen molar-refractivity contribution in [1.29, 1.82) is 0 Å². The van der Waals surface area contributed by atoms with E-state index in [0.717, 1.165) is 10.6 Å². The lowest BCUT2D eigenvalue weighted by molar-refractivity contribution is 1.45. The van der Waals surface area contributed by atoms with E-state index in [9.17, 15) is 0 Å². The van der Waals surface area contributed by atoms with Crippen molar-refractivity contribution in [2.75, 3.05) is 0 Å². The van der Waals surface area contributed by atoms with E-state index < -0.39 is 0 Å². The lowest BCUT2D eigenvalue weighted by atomic mass is 10.1. The summed E-state index contributed by atoms with van der Waals surface area (Å²) in [5.74, 6) is 0. The summed E-state index contributed by atoms with van der Waals surface area (Å²) in [6.07, 6.45) is 4.22.